The van der Waals surface area contributed by atoms with Crippen LogP contribution in [0.25, 0.3) is 10.6 Å². The standard InChI is InChI=1S/C15H19N3S/c1-10-4-3-5-13(11(10)2)15-18-17-14(19-15)8-9-16-12-6-7-12/h3-5,12,16H,6-9H2,1-2H3. The molecule has 0 radical (unpaired) electrons. The molecule has 0 saturated heterocycles. The van der Waals surface area contributed by atoms with E-state index < -0.39 is 0 Å². The van der Waals surface area contributed by atoms with Gasteiger partial charge in [0.15, 0.2) is 0 Å². The van der Waals surface area contributed by atoms with E-state index in [9.17, 15) is 0 Å². The number of hydrogen-bond donors (Lipinski definition) is 1. The SMILES string of the molecule is Cc1cccc(-c2nnc(CCNC3CC3)s2)c1C. The molecule has 19 heavy (non-hydrogen) atoms. The number of aryl methyl sites for hydroxylation is 1. The summed E-state index contributed by atoms with van der Waals surface area (Å²) in [5.41, 5.74) is 3.84. The molecule has 1 fully saturated rings. The summed E-state index contributed by atoms with van der Waals surface area (Å²) in [5.74, 6) is 0. The predicted molar refractivity (Wildman–Crippen MR) is 79.5 cm³/mol. The van der Waals surface area contributed by atoms with Gasteiger partial charge >= 0.3 is 0 Å². The Morgan fingerprint density at radius 1 is 1.26 bits per heavy atom. The maximum atomic E-state index is 4.34. The van der Waals surface area contributed by atoms with E-state index in [2.05, 4.69) is 47.6 Å². The largest absolute Gasteiger partial charge is 0.314 e. The molecule has 1 heterocycles. The third kappa shape index (κ3) is 3.01. The molecule has 1 aliphatic carbocycles. The molecule has 3 rings (SSSR count). The van der Waals surface area contributed by atoms with Gasteiger partial charge in [-0.15, -0.1) is 10.2 Å². The minimum Gasteiger partial charge on any atom is -0.314 e. The number of aromatic nitrogens is 2. The van der Waals surface area contributed by atoms with Crippen LogP contribution in [0.15, 0.2) is 18.2 Å². The van der Waals surface area contributed by atoms with Crippen LogP contribution in [0.4, 0.5) is 0 Å². The van der Waals surface area contributed by atoms with Crippen LogP contribution in [-0.2, 0) is 6.42 Å². The summed E-state index contributed by atoms with van der Waals surface area (Å²) < 4.78 is 0. The molecule has 1 N–H and O–H groups in total. The second-order valence-corrected chi connectivity index (χ2v) is 6.29. The van der Waals surface area contributed by atoms with Gasteiger partial charge in [-0.25, -0.2) is 0 Å². The Bertz CT molecular complexity index is 573. The van der Waals surface area contributed by atoms with Gasteiger partial charge in [0, 0.05) is 24.6 Å². The van der Waals surface area contributed by atoms with Crippen molar-refractivity contribution in [2.75, 3.05) is 6.54 Å². The van der Waals surface area contributed by atoms with Gasteiger partial charge in [0.25, 0.3) is 0 Å². The van der Waals surface area contributed by atoms with Gasteiger partial charge in [0.05, 0.1) is 0 Å². The molecule has 0 amide bonds. The summed E-state index contributed by atoms with van der Waals surface area (Å²) in [4.78, 5) is 0. The highest BCUT2D eigenvalue weighted by Gasteiger charge is 2.20. The molecule has 2 aromatic rings. The van der Waals surface area contributed by atoms with Gasteiger partial charge in [-0.1, -0.05) is 29.5 Å². The molecule has 1 saturated carbocycles. The lowest BCUT2D eigenvalue weighted by atomic mass is 10.0. The fourth-order valence-corrected chi connectivity index (χ4v) is 3.04. The number of nitrogens with zero attached hydrogens (tertiary/aromatic N) is 2. The molecule has 0 aliphatic heterocycles. The summed E-state index contributed by atoms with van der Waals surface area (Å²) in [6, 6.07) is 7.13. The molecular formula is C15H19N3S. The van der Waals surface area contributed by atoms with Crippen molar-refractivity contribution < 1.29 is 0 Å². The van der Waals surface area contributed by atoms with Gasteiger partial charge in [-0.3, -0.25) is 0 Å². The maximum Gasteiger partial charge on any atom is 0.148 e. The molecule has 1 aromatic carbocycles. The highest BCUT2D eigenvalue weighted by molar-refractivity contribution is 7.14. The van der Waals surface area contributed by atoms with E-state index in [1.165, 1.54) is 29.5 Å². The molecule has 0 bridgehead atoms. The minimum absolute atomic E-state index is 0.770. The number of rotatable bonds is 5. The molecular weight excluding hydrogens is 254 g/mol. The normalized spacial score (nSPS) is 14.8. The van der Waals surface area contributed by atoms with E-state index in [4.69, 9.17) is 0 Å². The van der Waals surface area contributed by atoms with E-state index in [0.29, 0.717) is 0 Å². The van der Waals surface area contributed by atoms with Crippen LogP contribution in [0.5, 0.6) is 0 Å². The van der Waals surface area contributed by atoms with Crippen molar-refractivity contribution in [2.24, 2.45) is 0 Å². The third-order valence-corrected chi connectivity index (χ3v) is 4.67. The summed E-state index contributed by atoms with van der Waals surface area (Å²) in [6.07, 6.45) is 3.66. The monoisotopic (exact) mass is 273 g/mol. The second-order valence-electron chi connectivity index (χ2n) is 5.23. The fourth-order valence-electron chi connectivity index (χ4n) is 2.12. The van der Waals surface area contributed by atoms with Gasteiger partial charge in [0.2, 0.25) is 0 Å². The lowest BCUT2D eigenvalue weighted by Gasteiger charge is -2.04. The molecule has 1 aliphatic rings. The van der Waals surface area contributed by atoms with Crippen molar-refractivity contribution in [1.29, 1.82) is 0 Å². The molecule has 3 nitrogen and oxygen atoms in total. The van der Waals surface area contributed by atoms with Gasteiger partial charge in [0.1, 0.15) is 10.0 Å². The summed E-state index contributed by atoms with van der Waals surface area (Å²) in [7, 11) is 0. The Labute approximate surface area is 118 Å². The smallest absolute Gasteiger partial charge is 0.148 e. The van der Waals surface area contributed by atoms with E-state index in [-0.39, 0.29) is 0 Å². The third-order valence-electron chi connectivity index (χ3n) is 3.65. The highest BCUT2D eigenvalue weighted by Crippen LogP contribution is 2.28. The molecule has 0 spiro atoms. The summed E-state index contributed by atoms with van der Waals surface area (Å²) >= 11 is 1.72. The highest BCUT2D eigenvalue weighted by atomic mass is 32.1. The van der Waals surface area contributed by atoms with Crippen LogP contribution in [0, 0.1) is 13.8 Å². The first kappa shape index (κ1) is 12.8. The first-order chi connectivity index (χ1) is 9.24. The van der Waals surface area contributed by atoms with Crippen LogP contribution in [0.2, 0.25) is 0 Å². The van der Waals surface area contributed by atoms with Crippen LogP contribution in [-0.4, -0.2) is 22.8 Å². The molecule has 0 unspecified atom stereocenters. The number of hydrogen-bond acceptors (Lipinski definition) is 4. The molecule has 100 valence electrons. The van der Waals surface area contributed by atoms with Crippen molar-refractivity contribution in [1.82, 2.24) is 15.5 Å². The van der Waals surface area contributed by atoms with Crippen molar-refractivity contribution in [3.05, 3.63) is 34.3 Å². The zero-order chi connectivity index (χ0) is 13.2. The predicted octanol–water partition coefficient (Wildman–Crippen LogP) is 3.12. The zero-order valence-electron chi connectivity index (χ0n) is 11.4. The van der Waals surface area contributed by atoms with Crippen molar-refractivity contribution in [3.8, 4) is 10.6 Å². The average Bonchev–Trinajstić information content (AvgIpc) is 3.10. The van der Waals surface area contributed by atoms with E-state index >= 15 is 0 Å². The van der Waals surface area contributed by atoms with Crippen molar-refractivity contribution in [2.45, 2.75) is 39.2 Å². The van der Waals surface area contributed by atoms with Gasteiger partial charge in [-0.05, 0) is 37.8 Å². The van der Waals surface area contributed by atoms with Gasteiger partial charge in [-0.2, -0.15) is 0 Å². The Kier molecular flexibility index (Phi) is 3.62. The lowest BCUT2D eigenvalue weighted by molar-refractivity contribution is 0.677. The Balaban J connectivity index is 1.70. The Hall–Kier alpha value is -1.26. The first-order valence-corrected chi connectivity index (χ1v) is 7.68. The number of benzene rings is 1. The molecule has 0 atom stereocenters. The van der Waals surface area contributed by atoms with Gasteiger partial charge < -0.3 is 5.32 Å². The average molecular weight is 273 g/mol. The summed E-state index contributed by atoms with van der Waals surface area (Å²) in [5, 5.41) is 14.3. The quantitative estimate of drug-likeness (QED) is 0.909. The zero-order valence-corrected chi connectivity index (χ0v) is 12.3. The lowest BCUT2D eigenvalue weighted by Crippen LogP contribution is -2.19. The van der Waals surface area contributed by atoms with E-state index in [0.717, 1.165) is 29.0 Å². The Morgan fingerprint density at radius 3 is 2.89 bits per heavy atom. The molecule has 1 aromatic heterocycles. The first-order valence-electron chi connectivity index (χ1n) is 6.86. The van der Waals surface area contributed by atoms with Crippen LogP contribution >= 0.6 is 11.3 Å². The minimum atomic E-state index is 0.770. The maximum absolute atomic E-state index is 4.34. The van der Waals surface area contributed by atoms with E-state index in [1.807, 2.05) is 0 Å². The van der Waals surface area contributed by atoms with Crippen molar-refractivity contribution >= 4 is 11.3 Å². The number of nitrogens with one attached hydrogen (secondary N) is 1. The van der Waals surface area contributed by atoms with Crippen LogP contribution in [0.1, 0.15) is 29.0 Å². The summed E-state index contributed by atoms with van der Waals surface area (Å²) in [6.45, 7) is 5.31. The fraction of sp³-hybridized carbons (Fsp3) is 0.467. The molecule has 4 heteroatoms. The second kappa shape index (κ2) is 5.39. The van der Waals surface area contributed by atoms with Crippen molar-refractivity contribution in [3.63, 3.8) is 0 Å². The topological polar surface area (TPSA) is 37.8 Å². The van der Waals surface area contributed by atoms with E-state index in [1.54, 1.807) is 11.3 Å². The van der Waals surface area contributed by atoms with Crippen LogP contribution in [0.3, 0.4) is 0 Å². The van der Waals surface area contributed by atoms with Crippen LogP contribution < -0.4 is 5.32 Å². The Morgan fingerprint density at radius 2 is 2.11 bits per heavy atom.